The second-order valence-corrected chi connectivity index (χ2v) is 8.32. The van der Waals surface area contributed by atoms with E-state index in [0.29, 0.717) is 31.6 Å². The maximum absolute atomic E-state index is 13.3. The maximum atomic E-state index is 13.3. The highest BCUT2D eigenvalue weighted by Crippen LogP contribution is 2.39. The molecule has 4 rings (SSSR count). The maximum Gasteiger partial charge on any atom is 0.253 e. The van der Waals surface area contributed by atoms with Crippen molar-refractivity contribution in [2.24, 2.45) is 5.41 Å². The first kappa shape index (κ1) is 19.6. The fraction of sp³-hybridized carbons (Fsp3) is 0.417. The summed E-state index contributed by atoms with van der Waals surface area (Å²) < 4.78 is 0. The van der Waals surface area contributed by atoms with Gasteiger partial charge in [-0.1, -0.05) is 42.5 Å². The van der Waals surface area contributed by atoms with Crippen LogP contribution in [0.3, 0.4) is 0 Å². The third-order valence-corrected chi connectivity index (χ3v) is 6.28. The summed E-state index contributed by atoms with van der Waals surface area (Å²) in [6, 6.07) is 17.9. The Hall–Kier alpha value is -2.66. The van der Waals surface area contributed by atoms with Crippen molar-refractivity contribution < 1.29 is 14.7 Å². The lowest BCUT2D eigenvalue weighted by Crippen LogP contribution is -2.55. The lowest BCUT2D eigenvalue weighted by atomic mass is 9.73. The van der Waals surface area contributed by atoms with Crippen LogP contribution in [0, 0.1) is 5.41 Å². The summed E-state index contributed by atoms with van der Waals surface area (Å²) in [7, 11) is 0. The minimum atomic E-state index is -0.0476. The number of rotatable bonds is 4. The van der Waals surface area contributed by atoms with Crippen molar-refractivity contribution in [1.29, 1.82) is 0 Å². The van der Waals surface area contributed by atoms with Crippen molar-refractivity contribution in [1.82, 2.24) is 9.80 Å². The van der Waals surface area contributed by atoms with Crippen LogP contribution in [0.5, 0.6) is 0 Å². The van der Waals surface area contributed by atoms with Crippen molar-refractivity contribution in [3.05, 3.63) is 60.2 Å². The van der Waals surface area contributed by atoms with Crippen LogP contribution in [0.25, 0.3) is 11.1 Å². The van der Waals surface area contributed by atoms with E-state index in [0.717, 1.165) is 36.9 Å². The molecule has 2 aromatic rings. The van der Waals surface area contributed by atoms with Crippen LogP contribution in [0.2, 0.25) is 0 Å². The zero-order chi connectivity index (χ0) is 20.3. The fourth-order valence-corrected chi connectivity index (χ4v) is 4.79. The van der Waals surface area contributed by atoms with Crippen LogP contribution < -0.4 is 0 Å². The van der Waals surface area contributed by atoms with E-state index in [1.807, 2.05) is 59.5 Å². The number of carbonyl (C=O) groups is 2. The number of carbonyl (C=O) groups excluding carboxylic acids is 2. The first-order chi connectivity index (χ1) is 14.1. The highest BCUT2D eigenvalue weighted by atomic mass is 16.3. The van der Waals surface area contributed by atoms with E-state index in [2.05, 4.69) is 0 Å². The van der Waals surface area contributed by atoms with Crippen molar-refractivity contribution in [3.63, 3.8) is 0 Å². The molecule has 152 valence electrons. The molecule has 0 radical (unpaired) electrons. The molecule has 1 N–H and O–H groups in total. The molecule has 2 aliphatic heterocycles. The number of aliphatic hydroxyl groups excluding tert-OH is 1. The van der Waals surface area contributed by atoms with E-state index in [1.54, 1.807) is 4.90 Å². The number of amides is 2. The van der Waals surface area contributed by atoms with Crippen molar-refractivity contribution in [2.45, 2.75) is 25.7 Å². The molecule has 0 saturated carbocycles. The lowest BCUT2D eigenvalue weighted by Gasteiger charge is -2.48. The van der Waals surface area contributed by atoms with Gasteiger partial charge in [0, 0.05) is 43.6 Å². The lowest BCUT2D eigenvalue weighted by molar-refractivity contribution is -0.139. The molecule has 2 heterocycles. The number of nitrogens with zero attached hydrogens (tertiary/aromatic N) is 2. The number of β-amino-alcohol motifs (C(OH)–C–C–N with tert-alkyl or cyclic N) is 1. The summed E-state index contributed by atoms with van der Waals surface area (Å²) in [6.07, 6.45) is 3.30. The summed E-state index contributed by atoms with van der Waals surface area (Å²) in [4.78, 5) is 29.2. The molecule has 2 fully saturated rings. The van der Waals surface area contributed by atoms with Gasteiger partial charge in [-0.3, -0.25) is 9.59 Å². The molecule has 2 aromatic carbocycles. The molecule has 1 spiro atoms. The highest BCUT2D eigenvalue weighted by Gasteiger charge is 2.42. The Balaban J connectivity index is 1.52. The second-order valence-electron chi connectivity index (χ2n) is 8.32. The first-order valence-electron chi connectivity index (χ1n) is 10.4. The monoisotopic (exact) mass is 392 g/mol. The molecule has 1 unspecified atom stereocenters. The predicted octanol–water partition coefficient (Wildman–Crippen LogP) is 3.19. The Morgan fingerprint density at radius 1 is 1.00 bits per heavy atom. The molecule has 0 aliphatic carbocycles. The zero-order valence-corrected chi connectivity index (χ0v) is 16.7. The predicted molar refractivity (Wildman–Crippen MR) is 112 cm³/mol. The van der Waals surface area contributed by atoms with Crippen molar-refractivity contribution in [3.8, 4) is 11.1 Å². The van der Waals surface area contributed by atoms with Crippen LogP contribution in [0.1, 0.15) is 36.0 Å². The Labute approximate surface area is 171 Å². The van der Waals surface area contributed by atoms with Gasteiger partial charge in [0.2, 0.25) is 5.91 Å². The van der Waals surface area contributed by atoms with Crippen molar-refractivity contribution in [2.75, 3.05) is 32.8 Å². The Bertz CT molecular complexity index is 883. The molecular formula is C24H28N2O3. The van der Waals surface area contributed by atoms with Gasteiger partial charge in [-0.05, 0) is 42.5 Å². The van der Waals surface area contributed by atoms with E-state index in [9.17, 15) is 14.7 Å². The number of benzene rings is 2. The van der Waals surface area contributed by atoms with Gasteiger partial charge in [0.1, 0.15) is 0 Å². The topological polar surface area (TPSA) is 60.9 Å². The molecule has 1 atom stereocenters. The van der Waals surface area contributed by atoms with E-state index >= 15 is 0 Å². The average molecular weight is 392 g/mol. The molecule has 0 aromatic heterocycles. The number of likely N-dealkylation sites (tertiary alicyclic amines) is 2. The fourth-order valence-electron chi connectivity index (χ4n) is 4.79. The number of piperidine rings is 2. The highest BCUT2D eigenvalue weighted by molar-refractivity contribution is 5.95. The molecule has 0 bridgehead atoms. The largest absolute Gasteiger partial charge is 0.395 e. The van der Waals surface area contributed by atoms with E-state index in [-0.39, 0.29) is 23.8 Å². The summed E-state index contributed by atoms with van der Waals surface area (Å²) >= 11 is 0. The van der Waals surface area contributed by atoms with Crippen LogP contribution in [-0.4, -0.2) is 59.5 Å². The molecule has 29 heavy (non-hydrogen) atoms. The Morgan fingerprint density at radius 2 is 1.79 bits per heavy atom. The van der Waals surface area contributed by atoms with Gasteiger partial charge in [0.05, 0.1) is 6.61 Å². The minimum absolute atomic E-state index is 0.0171. The van der Waals surface area contributed by atoms with Crippen LogP contribution in [-0.2, 0) is 4.79 Å². The van der Waals surface area contributed by atoms with Crippen LogP contribution in [0.4, 0.5) is 0 Å². The van der Waals surface area contributed by atoms with Gasteiger partial charge in [0.15, 0.2) is 0 Å². The number of hydrogen-bond donors (Lipinski definition) is 1. The Kier molecular flexibility index (Phi) is 5.67. The van der Waals surface area contributed by atoms with Gasteiger partial charge >= 0.3 is 0 Å². The summed E-state index contributed by atoms with van der Waals surface area (Å²) in [6.45, 7) is 2.44. The number of hydrogen-bond acceptors (Lipinski definition) is 3. The van der Waals surface area contributed by atoms with E-state index < -0.39 is 0 Å². The van der Waals surface area contributed by atoms with E-state index in [1.165, 1.54) is 0 Å². The van der Waals surface area contributed by atoms with Gasteiger partial charge in [-0.2, -0.15) is 0 Å². The molecule has 5 heteroatoms. The normalized spacial score (nSPS) is 22.2. The summed E-state index contributed by atoms with van der Waals surface area (Å²) in [5.74, 6) is 0.177. The third kappa shape index (κ3) is 4.20. The van der Waals surface area contributed by atoms with Crippen molar-refractivity contribution >= 4 is 11.8 Å². The third-order valence-electron chi connectivity index (χ3n) is 6.28. The molecule has 2 amide bonds. The average Bonchev–Trinajstić information content (AvgIpc) is 2.77. The van der Waals surface area contributed by atoms with Gasteiger partial charge in [0.25, 0.3) is 5.91 Å². The molecular weight excluding hydrogens is 364 g/mol. The standard InChI is InChI=1S/C24H28N2O3/c27-15-14-25-17-24(12-10-22(25)28)11-5-13-26(18-24)23(29)21-9-4-8-20(16-21)19-6-2-1-3-7-19/h1-4,6-9,16,27H,5,10-15,17-18H2. The van der Waals surface area contributed by atoms with Gasteiger partial charge in [-0.25, -0.2) is 0 Å². The molecule has 2 saturated heterocycles. The van der Waals surface area contributed by atoms with Gasteiger partial charge in [-0.15, -0.1) is 0 Å². The zero-order valence-electron chi connectivity index (χ0n) is 16.7. The van der Waals surface area contributed by atoms with Crippen LogP contribution in [0.15, 0.2) is 54.6 Å². The quantitative estimate of drug-likeness (QED) is 0.869. The van der Waals surface area contributed by atoms with Gasteiger partial charge < -0.3 is 14.9 Å². The summed E-state index contributed by atoms with van der Waals surface area (Å²) in [5.41, 5.74) is 2.80. The Morgan fingerprint density at radius 3 is 2.59 bits per heavy atom. The first-order valence-corrected chi connectivity index (χ1v) is 10.4. The summed E-state index contributed by atoms with van der Waals surface area (Å²) in [5, 5.41) is 9.27. The SMILES string of the molecule is O=C1CCC2(CCCN(C(=O)c3cccc(-c4ccccc4)c3)C2)CN1CCO. The smallest absolute Gasteiger partial charge is 0.253 e. The second kappa shape index (κ2) is 8.37. The van der Waals surface area contributed by atoms with E-state index in [4.69, 9.17) is 0 Å². The van der Waals surface area contributed by atoms with Crippen LogP contribution >= 0.6 is 0 Å². The minimum Gasteiger partial charge on any atom is -0.395 e. The molecule has 2 aliphatic rings. The number of aliphatic hydroxyl groups is 1. The molecule has 5 nitrogen and oxygen atoms in total.